The number of sulfonamides is 1. The number of ketones is 1. The molecule has 0 bridgehead atoms. The van der Waals surface area contributed by atoms with Crippen LogP contribution in [0, 0.1) is 0 Å². The highest BCUT2D eigenvalue weighted by Gasteiger charge is 2.23. The van der Waals surface area contributed by atoms with Crippen LogP contribution in [0.5, 0.6) is 0 Å². The van der Waals surface area contributed by atoms with Crippen molar-refractivity contribution in [3.05, 3.63) is 94.5 Å². The van der Waals surface area contributed by atoms with E-state index >= 15 is 0 Å². The molecule has 3 aromatic rings. The van der Waals surface area contributed by atoms with Crippen molar-refractivity contribution in [3.63, 3.8) is 0 Å². The van der Waals surface area contributed by atoms with Gasteiger partial charge < -0.3 is 4.74 Å². The first-order valence-corrected chi connectivity index (χ1v) is 11.1. The molecule has 154 valence electrons. The molecular formula is C22H18BrNO5S. The Hall–Kier alpha value is -2.97. The van der Waals surface area contributed by atoms with Crippen molar-refractivity contribution < 1.29 is 22.7 Å². The lowest BCUT2D eigenvalue weighted by molar-refractivity contribution is 0.0474. The average Bonchev–Trinajstić information content (AvgIpc) is 2.77. The van der Waals surface area contributed by atoms with E-state index in [0.29, 0.717) is 11.3 Å². The lowest BCUT2D eigenvalue weighted by Crippen LogP contribution is -2.26. The summed E-state index contributed by atoms with van der Waals surface area (Å²) in [5, 5.41) is 0. The third-order valence-electron chi connectivity index (χ3n) is 4.35. The van der Waals surface area contributed by atoms with Crippen LogP contribution in [0.3, 0.4) is 0 Å². The molecule has 0 aliphatic heterocycles. The fraction of sp³-hybridized carbons (Fsp3) is 0.0909. The van der Waals surface area contributed by atoms with Crippen LogP contribution in [0.2, 0.25) is 0 Å². The van der Waals surface area contributed by atoms with Crippen LogP contribution in [0.4, 0.5) is 5.69 Å². The Morgan fingerprint density at radius 2 is 1.57 bits per heavy atom. The lowest BCUT2D eigenvalue weighted by atomic mass is 10.1. The molecule has 0 saturated carbocycles. The van der Waals surface area contributed by atoms with E-state index in [2.05, 4.69) is 15.9 Å². The number of hydrogen-bond acceptors (Lipinski definition) is 5. The number of ether oxygens (including phenoxy) is 1. The van der Waals surface area contributed by atoms with Gasteiger partial charge in [0.25, 0.3) is 10.0 Å². The first-order valence-electron chi connectivity index (χ1n) is 8.89. The van der Waals surface area contributed by atoms with E-state index in [-0.39, 0.29) is 16.2 Å². The molecule has 0 atom stereocenters. The molecule has 0 aliphatic carbocycles. The van der Waals surface area contributed by atoms with Crippen molar-refractivity contribution in [3.8, 4) is 0 Å². The zero-order valence-electron chi connectivity index (χ0n) is 16.0. The highest BCUT2D eigenvalue weighted by molar-refractivity contribution is 9.10. The second-order valence-electron chi connectivity index (χ2n) is 6.34. The summed E-state index contributed by atoms with van der Waals surface area (Å²) in [4.78, 5) is 24.5. The van der Waals surface area contributed by atoms with Crippen LogP contribution < -0.4 is 4.31 Å². The smallest absolute Gasteiger partial charge is 0.338 e. The molecule has 0 radical (unpaired) electrons. The summed E-state index contributed by atoms with van der Waals surface area (Å²) >= 11 is 3.29. The maximum atomic E-state index is 12.9. The average molecular weight is 488 g/mol. The van der Waals surface area contributed by atoms with E-state index in [4.69, 9.17) is 4.74 Å². The highest BCUT2D eigenvalue weighted by atomic mass is 79.9. The van der Waals surface area contributed by atoms with Crippen LogP contribution in [0.1, 0.15) is 20.7 Å². The van der Waals surface area contributed by atoms with E-state index in [0.717, 1.165) is 8.78 Å². The van der Waals surface area contributed by atoms with Gasteiger partial charge in [0.05, 0.1) is 16.1 Å². The number of hydrogen-bond donors (Lipinski definition) is 0. The molecule has 6 nitrogen and oxygen atoms in total. The van der Waals surface area contributed by atoms with Crippen molar-refractivity contribution in [2.75, 3.05) is 18.0 Å². The Balaban J connectivity index is 1.73. The van der Waals surface area contributed by atoms with Crippen molar-refractivity contribution in [1.82, 2.24) is 0 Å². The molecule has 0 aromatic heterocycles. The van der Waals surface area contributed by atoms with Crippen LogP contribution in [0.25, 0.3) is 0 Å². The molecular weight excluding hydrogens is 470 g/mol. The number of carbonyl (C=O) groups is 2. The van der Waals surface area contributed by atoms with Crippen molar-refractivity contribution in [1.29, 1.82) is 0 Å². The largest absolute Gasteiger partial charge is 0.454 e. The fourth-order valence-corrected chi connectivity index (χ4v) is 4.16. The molecule has 3 aromatic carbocycles. The summed E-state index contributed by atoms with van der Waals surface area (Å²) in [5.74, 6) is -1.14. The maximum absolute atomic E-state index is 12.9. The number of Topliss-reactive ketones (excluding diaryl/α,β-unsaturated/α-hetero) is 1. The number of anilines is 1. The Kier molecular flexibility index (Phi) is 6.69. The Labute approximate surface area is 183 Å². The van der Waals surface area contributed by atoms with Crippen molar-refractivity contribution in [2.24, 2.45) is 0 Å². The highest BCUT2D eigenvalue weighted by Crippen LogP contribution is 2.22. The normalized spacial score (nSPS) is 11.0. The Bertz CT molecular complexity index is 1160. The summed E-state index contributed by atoms with van der Waals surface area (Å²) in [6.45, 7) is -0.443. The number of halogens is 1. The van der Waals surface area contributed by atoms with Gasteiger partial charge >= 0.3 is 5.97 Å². The topological polar surface area (TPSA) is 80.8 Å². The van der Waals surface area contributed by atoms with Gasteiger partial charge in [-0.25, -0.2) is 13.2 Å². The Morgan fingerprint density at radius 3 is 2.23 bits per heavy atom. The molecule has 0 aliphatic rings. The van der Waals surface area contributed by atoms with Gasteiger partial charge in [-0.05, 0) is 42.5 Å². The molecule has 0 heterocycles. The van der Waals surface area contributed by atoms with Crippen LogP contribution in [-0.2, 0) is 14.8 Å². The minimum Gasteiger partial charge on any atom is -0.454 e. The number of para-hydroxylation sites is 1. The van der Waals surface area contributed by atoms with Crippen molar-refractivity contribution in [2.45, 2.75) is 4.90 Å². The maximum Gasteiger partial charge on any atom is 0.338 e. The molecule has 0 unspecified atom stereocenters. The third-order valence-corrected chi connectivity index (χ3v) is 6.66. The van der Waals surface area contributed by atoms with E-state index < -0.39 is 22.6 Å². The minimum absolute atomic E-state index is 0.0427. The van der Waals surface area contributed by atoms with Crippen LogP contribution >= 0.6 is 15.9 Å². The quantitative estimate of drug-likeness (QED) is 0.366. The monoisotopic (exact) mass is 487 g/mol. The number of carbonyl (C=O) groups excluding carboxylic acids is 2. The van der Waals surface area contributed by atoms with Gasteiger partial charge in [0, 0.05) is 17.1 Å². The lowest BCUT2D eigenvalue weighted by Gasteiger charge is -2.19. The van der Waals surface area contributed by atoms with Gasteiger partial charge in [0.1, 0.15) is 0 Å². The first-order chi connectivity index (χ1) is 14.3. The summed E-state index contributed by atoms with van der Waals surface area (Å²) < 4.78 is 32.8. The zero-order chi connectivity index (χ0) is 21.7. The van der Waals surface area contributed by atoms with Gasteiger partial charge in [-0.15, -0.1) is 0 Å². The molecule has 3 rings (SSSR count). The van der Waals surface area contributed by atoms with Crippen LogP contribution in [-0.4, -0.2) is 33.8 Å². The minimum atomic E-state index is -3.87. The standard InChI is InChI=1S/C22H18BrNO5S/c1-24(19-7-3-2-4-8-19)30(27,28)20-9-5-6-17(14-20)22(26)29-15-21(25)16-10-12-18(23)13-11-16/h2-14H,15H2,1H3. The molecule has 0 N–H and O–H groups in total. The second-order valence-corrected chi connectivity index (χ2v) is 9.23. The van der Waals surface area contributed by atoms with Crippen LogP contribution in [0.15, 0.2) is 88.2 Å². The SMILES string of the molecule is CN(c1ccccc1)S(=O)(=O)c1cccc(C(=O)OCC(=O)c2ccc(Br)cc2)c1. The van der Waals surface area contributed by atoms with E-state index in [9.17, 15) is 18.0 Å². The molecule has 8 heteroatoms. The molecule has 0 fully saturated rings. The van der Waals surface area contributed by atoms with Gasteiger partial charge in [-0.3, -0.25) is 9.10 Å². The van der Waals surface area contributed by atoms with E-state index in [1.807, 2.05) is 0 Å². The number of benzene rings is 3. The van der Waals surface area contributed by atoms with Gasteiger partial charge in [0.15, 0.2) is 12.4 Å². The summed E-state index contributed by atoms with van der Waals surface area (Å²) in [6.07, 6.45) is 0. The molecule has 30 heavy (non-hydrogen) atoms. The number of esters is 1. The van der Waals surface area contributed by atoms with Crippen molar-refractivity contribution >= 4 is 43.4 Å². The summed E-state index contributed by atoms with van der Waals surface area (Å²) in [7, 11) is -2.44. The summed E-state index contributed by atoms with van der Waals surface area (Å²) in [6, 6.07) is 20.8. The molecule has 0 saturated heterocycles. The number of rotatable bonds is 7. The van der Waals surface area contributed by atoms with Gasteiger partial charge in [0.2, 0.25) is 0 Å². The third kappa shape index (κ3) is 4.95. The summed E-state index contributed by atoms with van der Waals surface area (Å²) in [5.41, 5.74) is 0.943. The Morgan fingerprint density at radius 1 is 0.900 bits per heavy atom. The second kappa shape index (κ2) is 9.23. The first kappa shape index (κ1) is 21.7. The van der Waals surface area contributed by atoms with Gasteiger partial charge in [-0.2, -0.15) is 0 Å². The molecule has 0 amide bonds. The zero-order valence-corrected chi connectivity index (χ0v) is 18.4. The number of nitrogens with zero attached hydrogens (tertiary/aromatic N) is 1. The fourth-order valence-electron chi connectivity index (χ4n) is 2.65. The van der Waals surface area contributed by atoms with E-state index in [1.54, 1.807) is 54.6 Å². The van der Waals surface area contributed by atoms with Gasteiger partial charge in [-0.1, -0.05) is 52.3 Å². The predicted octanol–water partition coefficient (Wildman–Crippen LogP) is 4.31. The van der Waals surface area contributed by atoms with E-state index in [1.165, 1.54) is 31.3 Å². The predicted molar refractivity (Wildman–Crippen MR) is 117 cm³/mol. The molecule has 0 spiro atoms.